The van der Waals surface area contributed by atoms with Gasteiger partial charge in [0.1, 0.15) is 0 Å². The maximum atomic E-state index is 10.5. The van der Waals surface area contributed by atoms with E-state index in [-0.39, 0.29) is 12.0 Å². The third-order valence-electron chi connectivity index (χ3n) is 2.17. The van der Waals surface area contributed by atoms with Crippen molar-refractivity contribution in [3.8, 4) is 0 Å². The first kappa shape index (κ1) is 15.4. The number of hydrogen-bond donors (Lipinski definition) is 1. The first-order valence-electron chi connectivity index (χ1n) is 5.60. The van der Waals surface area contributed by atoms with E-state index in [4.69, 9.17) is 5.11 Å². The summed E-state index contributed by atoms with van der Waals surface area (Å²) in [5.74, 6) is -1.01. The minimum Gasteiger partial charge on any atom is -0.480 e. The molecular formula is C10H12BrN5O2S2. The van der Waals surface area contributed by atoms with Crippen LogP contribution in [0.3, 0.4) is 0 Å². The van der Waals surface area contributed by atoms with Crippen LogP contribution in [0.1, 0.15) is 26.5 Å². The third kappa shape index (κ3) is 3.76. The Bertz CT molecular complexity index is 634. The second kappa shape index (κ2) is 5.78. The van der Waals surface area contributed by atoms with Crippen molar-refractivity contribution < 1.29 is 9.90 Å². The van der Waals surface area contributed by atoms with Gasteiger partial charge in [-0.05, 0) is 32.9 Å². The molecule has 1 N–H and O–H groups in total. The zero-order chi connectivity index (χ0) is 14.9. The molecule has 0 aliphatic heterocycles. The maximum Gasteiger partial charge on any atom is 0.327 e. The second-order valence-corrected chi connectivity index (χ2v) is 8.48. The van der Waals surface area contributed by atoms with Gasteiger partial charge >= 0.3 is 5.97 Å². The minimum atomic E-state index is -1.01. The van der Waals surface area contributed by atoms with Crippen molar-refractivity contribution in [2.45, 2.75) is 42.2 Å². The van der Waals surface area contributed by atoms with Gasteiger partial charge in [0.15, 0.2) is 10.9 Å². The van der Waals surface area contributed by atoms with E-state index in [1.807, 2.05) is 0 Å². The van der Waals surface area contributed by atoms with E-state index >= 15 is 0 Å². The zero-order valence-electron chi connectivity index (χ0n) is 11.0. The van der Waals surface area contributed by atoms with Crippen LogP contribution in [-0.4, -0.2) is 36.3 Å². The molecule has 0 amide bonds. The highest BCUT2D eigenvalue weighted by atomic mass is 79.9. The summed E-state index contributed by atoms with van der Waals surface area (Å²) in [4.78, 5) is 16.1. The molecule has 2 rings (SSSR count). The maximum absolute atomic E-state index is 10.5. The first-order chi connectivity index (χ1) is 9.25. The number of aromatic nitrogens is 5. The number of carboxylic acid groups (broad SMARTS) is 1. The van der Waals surface area contributed by atoms with Crippen LogP contribution >= 0.6 is 39.0 Å². The predicted molar refractivity (Wildman–Crippen MR) is 78.1 cm³/mol. The van der Waals surface area contributed by atoms with Crippen LogP contribution in [0, 0.1) is 0 Å². The highest BCUT2D eigenvalue weighted by Crippen LogP contribution is 2.38. The standard InChI is InChI=1S/C10H12BrN5O2S2/c1-10(2,3)6-7(11)19-9(12-6)20-8-13-15-16(14-8)4-5(17)18/h4H2,1-3H3,(H,17,18). The lowest BCUT2D eigenvalue weighted by atomic mass is 9.93. The van der Waals surface area contributed by atoms with E-state index in [9.17, 15) is 4.79 Å². The predicted octanol–water partition coefficient (Wildman–Crippen LogP) is 2.43. The van der Waals surface area contributed by atoms with Gasteiger partial charge in [0.2, 0.25) is 5.16 Å². The van der Waals surface area contributed by atoms with Crippen LogP contribution in [0.4, 0.5) is 0 Å². The molecule has 2 aromatic heterocycles. The van der Waals surface area contributed by atoms with Gasteiger partial charge in [-0.25, -0.2) is 4.98 Å². The van der Waals surface area contributed by atoms with Gasteiger partial charge in [-0.1, -0.05) is 32.1 Å². The van der Waals surface area contributed by atoms with Crippen molar-refractivity contribution >= 4 is 45.0 Å². The van der Waals surface area contributed by atoms with Gasteiger partial charge in [0.05, 0.1) is 9.48 Å². The number of aliphatic carboxylic acids is 1. The van der Waals surface area contributed by atoms with Crippen molar-refractivity contribution in [3.05, 3.63) is 9.48 Å². The van der Waals surface area contributed by atoms with Crippen molar-refractivity contribution in [1.29, 1.82) is 0 Å². The summed E-state index contributed by atoms with van der Waals surface area (Å²) >= 11 is 6.27. The summed E-state index contributed by atoms with van der Waals surface area (Å²) < 4.78 is 1.77. The summed E-state index contributed by atoms with van der Waals surface area (Å²) in [6.45, 7) is 5.95. The van der Waals surface area contributed by atoms with Crippen molar-refractivity contribution in [2.24, 2.45) is 0 Å². The van der Waals surface area contributed by atoms with Gasteiger partial charge in [0.25, 0.3) is 0 Å². The highest BCUT2D eigenvalue weighted by molar-refractivity contribution is 9.11. The van der Waals surface area contributed by atoms with Crippen LogP contribution in [0.15, 0.2) is 13.3 Å². The zero-order valence-corrected chi connectivity index (χ0v) is 14.2. The molecule has 0 bridgehead atoms. The second-order valence-electron chi connectivity index (χ2n) is 4.95. The van der Waals surface area contributed by atoms with Gasteiger partial charge in [0, 0.05) is 5.41 Å². The van der Waals surface area contributed by atoms with E-state index in [1.165, 1.54) is 23.1 Å². The fourth-order valence-corrected chi connectivity index (χ4v) is 4.67. The molecule has 0 spiro atoms. The summed E-state index contributed by atoms with van der Waals surface area (Å²) in [5, 5.41) is 20.5. The molecular weight excluding hydrogens is 366 g/mol. The number of halogens is 1. The molecule has 0 unspecified atom stereocenters. The van der Waals surface area contributed by atoms with E-state index in [0.717, 1.165) is 18.6 Å². The Kier molecular flexibility index (Phi) is 4.45. The highest BCUT2D eigenvalue weighted by Gasteiger charge is 2.23. The molecule has 20 heavy (non-hydrogen) atoms. The van der Waals surface area contributed by atoms with Crippen LogP contribution < -0.4 is 0 Å². The number of carbonyl (C=O) groups is 1. The molecule has 2 aromatic rings. The Labute approximate surface area is 131 Å². The van der Waals surface area contributed by atoms with E-state index in [0.29, 0.717) is 5.16 Å². The van der Waals surface area contributed by atoms with E-state index in [2.05, 4.69) is 57.1 Å². The largest absolute Gasteiger partial charge is 0.480 e. The molecule has 0 atom stereocenters. The first-order valence-corrected chi connectivity index (χ1v) is 8.02. The quantitative estimate of drug-likeness (QED) is 0.873. The number of carboxylic acids is 1. The number of nitrogens with zero attached hydrogens (tertiary/aromatic N) is 5. The summed E-state index contributed by atoms with van der Waals surface area (Å²) in [6.07, 6.45) is 0. The smallest absolute Gasteiger partial charge is 0.327 e. The number of rotatable bonds is 4. The van der Waals surface area contributed by atoms with Crippen LogP contribution in [-0.2, 0) is 16.8 Å². The molecule has 0 aliphatic carbocycles. The average molecular weight is 378 g/mol. The Balaban J connectivity index is 2.14. The van der Waals surface area contributed by atoms with Gasteiger partial charge in [-0.3, -0.25) is 4.79 Å². The number of thiazole rings is 1. The van der Waals surface area contributed by atoms with Crippen molar-refractivity contribution in [2.75, 3.05) is 0 Å². The average Bonchev–Trinajstić information content (AvgIpc) is 2.84. The molecule has 0 saturated carbocycles. The van der Waals surface area contributed by atoms with Gasteiger partial charge < -0.3 is 5.11 Å². The van der Waals surface area contributed by atoms with E-state index < -0.39 is 5.97 Å². The van der Waals surface area contributed by atoms with Crippen LogP contribution in [0.25, 0.3) is 0 Å². The van der Waals surface area contributed by atoms with E-state index in [1.54, 1.807) is 0 Å². The molecule has 0 aliphatic rings. The lowest BCUT2D eigenvalue weighted by molar-refractivity contribution is -0.138. The van der Waals surface area contributed by atoms with Crippen LogP contribution in [0.2, 0.25) is 0 Å². The number of tetrazole rings is 1. The third-order valence-corrected chi connectivity index (χ3v) is 4.78. The molecule has 2 heterocycles. The fourth-order valence-electron chi connectivity index (χ4n) is 1.32. The van der Waals surface area contributed by atoms with Crippen LogP contribution in [0.5, 0.6) is 0 Å². The topological polar surface area (TPSA) is 93.8 Å². The van der Waals surface area contributed by atoms with Crippen molar-refractivity contribution in [1.82, 2.24) is 25.2 Å². The minimum absolute atomic E-state index is 0.0531. The van der Waals surface area contributed by atoms with Crippen molar-refractivity contribution in [3.63, 3.8) is 0 Å². The molecule has 0 aromatic carbocycles. The SMILES string of the molecule is CC(C)(C)c1nc(Sc2nnn(CC(=O)O)n2)sc1Br. The lowest BCUT2D eigenvalue weighted by Crippen LogP contribution is -2.12. The summed E-state index contributed by atoms with van der Waals surface area (Å²) in [7, 11) is 0. The Morgan fingerprint density at radius 2 is 2.20 bits per heavy atom. The molecule has 0 saturated heterocycles. The lowest BCUT2D eigenvalue weighted by Gasteiger charge is -2.15. The Hall–Kier alpha value is -1.00. The molecule has 0 fully saturated rings. The molecule has 108 valence electrons. The molecule has 0 radical (unpaired) electrons. The Morgan fingerprint density at radius 3 is 2.75 bits per heavy atom. The monoisotopic (exact) mass is 377 g/mol. The Morgan fingerprint density at radius 1 is 1.50 bits per heavy atom. The fraction of sp³-hybridized carbons (Fsp3) is 0.500. The summed E-state index contributed by atoms with van der Waals surface area (Å²) in [5.41, 5.74) is 0.922. The van der Waals surface area contributed by atoms with Gasteiger partial charge in [-0.2, -0.15) is 4.80 Å². The normalized spacial score (nSPS) is 11.8. The summed E-state index contributed by atoms with van der Waals surface area (Å²) in [6, 6.07) is 0. The number of hydrogen-bond acceptors (Lipinski definition) is 7. The molecule has 7 nitrogen and oxygen atoms in total. The molecule has 10 heteroatoms. The van der Waals surface area contributed by atoms with Gasteiger partial charge in [-0.15, -0.1) is 10.2 Å².